The van der Waals surface area contributed by atoms with Crippen molar-refractivity contribution in [3.8, 4) is 11.1 Å². The minimum absolute atomic E-state index is 0.900. The van der Waals surface area contributed by atoms with Crippen molar-refractivity contribution in [3.05, 3.63) is 328 Å². The molecule has 14 aromatic carbocycles. The van der Waals surface area contributed by atoms with Crippen LogP contribution in [0.4, 0.5) is 45.5 Å². The van der Waals surface area contributed by atoms with Gasteiger partial charge in [0.15, 0.2) is 5.58 Å². The van der Waals surface area contributed by atoms with Crippen LogP contribution in [-0.4, -0.2) is 0 Å². The fraction of sp³-hybridized carbons (Fsp3) is 0. The summed E-state index contributed by atoms with van der Waals surface area (Å²) >= 11 is 0. The molecule has 0 saturated heterocycles. The molecule has 0 amide bonds. The van der Waals surface area contributed by atoms with Gasteiger partial charge in [-0.3, -0.25) is 0 Å². The van der Waals surface area contributed by atoms with E-state index in [9.17, 15) is 0 Å². The molecule has 4 N–H and O–H groups in total. The fourth-order valence-electron chi connectivity index (χ4n) is 11.7. The summed E-state index contributed by atoms with van der Waals surface area (Å²) < 4.78 is 23.8. The molecule has 0 spiro atoms. The maximum Gasteiger partial charge on any atom is 0.158 e. The van der Waals surface area contributed by atoms with Crippen LogP contribution in [0.15, 0.2) is 345 Å². The average Bonchev–Trinajstić information content (AvgIpc) is 2.96. The minimum Gasteiger partial charge on any atom is -0.456 e. The summed E-state index contributed by atoms with van der Waals surface area (Å²) in [4.78, 5) is 0. The van der Waals surface area contributed by atoms with Gasteiger partial charge in [-0.25, -0.2) is 0 Å². The van der Waals surface area contributed by atoms with E-state index in [2.05, 4.69) is 185 Å². The first-order valence-electron chi connectivity index (χ1n) is 30.0. The Hall–Kier alpha value is -12.3. The molecule has 0 saturated carbocycles. The first-order chi connectivity index (χ1) is 44.6. The van der Waals surface area contributed by atoms with Gasteiger partial charge >= 0.3 is 0 Å². The molecule has 0 unspecified atom stereocenters. The van der Waals surface area contributed by atoms with Crippen molar-refractivity contribution in [1.82, 2.24) is 0 Å². The Kier molecular flexibility index (Phi) is 14.9. The number of nitrogens with one attached hydrogen (secondary N) is 4. The number of hydrogen-bond donors (Lipinski definition) is 4. The molecule has 430 valence electrons. The molecule has 0 bridgehead atoms. The molecule has 8 nitrogen and oxygen atoms in total. The maximum atomic E-state index is 5.99. The number of furan rings is 4. The highest BCUT2D eigenvalue weighted by Crippen LogP contribution is 2.39. The van der Waals surface area contributed by atoms with E-state index in [0.717, 1.165) is 133 Å². The lowest BCUT2D eigenvalue weighted by Gasteiger charge is -2.11. The highest BCUT2D eigenvalue weighted by atomic mass is 16.3. The fourth-order valence-corrected chi connectivity index (χ4v) is 11.7. The van der Waals surface area contributed by atoms with Crippen molar-refractivity contribution in [2.45, 2.75) is 0 Å². The van der Waals surface area contributed by atoms with E-state index in [-0.39, 0.29) is 0 Å². The molecule has 8 heteroatoms. The van der Waals surface area contributed by atoms with Gasteiger partial charge in [0.1, 0.15) is 39.1 Å². The van der Waals surface area contributed by atoms with Crippen molar-refractivity contribution in [3.63, 3.8) is 0 Å². The van der Waals surface area contributed by atoms with Gasteiger partial charge in [0.25, 0.3) is 0 Å². The highest BCUT2D eigenvalue weighted by molar-refractivity contribution is 6.13. The average molecular weight is 1160 g/mol. The Morgan fingerprint density at radius 1 is 0.189 bits per heavy atom. The molecule has 18 rings (SSSR count). The molecule has 4 aromatic heterocycles. The third kappa shape index (κ3) is 11.4. The van der Waals surface area contributed by atoms with Gasteiger partial charge in [0, 0.05) is 89.3 Å². The van der Waals surface area contributed by atoms with Crippen molar-refractivity contribution < 1.29 is 17.7 Å². The Morgan fingerprint density at radius 2 is 0.567 bits per heavy atom. The first kappa shape index (κ1) is 54.4. The zero-order valence-corrected chi connectivity index (χ0v) is 48.8. The molecular weight excluding hydrogens is 1100 g/mol. The smallest absolute Gasteiger partial charge is 0.158 e. The number of hydrogen-bond acceptors (Lipinski definition) is 8. The molecule has 4 heterocycles. The molecule has 0 fully saturated rings. The van der Waals surface area contributed by atoms with E-state index < -0.39 is 0 Å². The minimum atomic E-state index is 0.900. The van der Waals surface area contributed by atoms with Crippen LogP contribution >= 0.6 is 0 Å². The lowest BCUT2D eigenvalue weighted by Crippen LogP contribution is -1.92. The first-order valence-corrected chi connectivity index (χ1v) is 30.0. The molecule has 90 heavy (non-hydrogen) atoms. The van der Waals surface area contributed by atoms with Crippen molar-refractivity contribution in [1.29, 1.82) is 0 Å². The number of anilines is 8. The van der Waals surface area contributed by atoms with E-state index in [4.69, 9.17) is 17.7 Å². The molecule has 0 radical (unpaired) electrons. The summed E-state index contributed by atoms with van der Waals surface area (Å²) in [5, 5.41) is 25.5. The highest BCUT2D eigenvalue weighted by Gasteiger charge is 2.14. The summed E-state index contributed by atoms with van der Waals surface area (Å²) in [5.74, 6) is 0. The van der Waals surface area contributed by atoms with Crippen LogP contribution in [0.5, 0.6) is 0 Å². The molecule has 18 aromatic rings. The second kappa shape index (κ2) is 24.6. The van der Waals surface area contributed by atoms with Gasteiger partial charge < -0.3 is 38.9 Å². The van der Waals surface area contributed by atoms with E-state index in [1.165, 1.54) is 21.9 Å². The van der Waals surface area contributed by atoms with Crippen LogP contribution in [0.2, 0.25) is 0 Å². The van der Waals surface area contributed by atoms with Crippen molar-refractivity contribution in [2.75, 3.05) is 21.3 Å². The SMILES string of the molecule is c1ccc(-c2ccc(Nc3ccc4c(c3)oc3ccccc34)cc2)cc1.c1ccc(Nc2ccc3c(c2)oc2ccccc23)cc1.c1ccc(Nc2cccc3c2oc2ccccc23)cc1.c1ccc2c(Nc3cccc4oc5ccccc5c34)cccc2c1. The van der Waals surface area contributed by atoms with Gasteiger partial charge in [0.2, 0.25) is 0 Å². The summed E-state index contributed by atoms with van der Waals surface area (Å²) in [7, 11) is 0. The normalized spacial score (nSPS) is 11.1. The lowest BCUT2D eigenvalue weighted by atomic mass is 10.1. The van der Waals surface area contributed by atoms with E-state index >= 15 is 0 Å². The molecule has 0 aliphatic rings. The largest absolute Gasteiger partial charge is 0.456 e. The Morgan fingerprint density at radius 3 is 1.19 bits per heavy atom. The number of rotatable bonds is 9. The number of para-hydroxylation sites is 7. The van der Waals surface area contributed by atoms with Gasteiger partial charge in [-0.05, 0) is 126 Å². The zero-order chi connectivity index (χ0) is 60.0. The standard InChI is InChI=1S/C24H17NO.C22H15NO.2C18H13NO/c1-2-6-17(7-3-1)18-10-12-19(13-11-18)25-20-14-15-22-21-8-4-5-9-23(21)26-24(22)16-20;1-2-9-16-15(7-1)8-5-11-18(16)23-19-12-6-14-21-22(19)17-10-3-4-13-20(17)24-21;1-2-7-13(8-3-1)19-16-11-6-10-15-14-9-4-5-12-17(14)20-18(15)16;1-2-6-13(7-3-1)19-14-10-11-16-15-8-4-5-9-17(15)20-18(16)12-14/h1-16,25H;1-14,23H;2*1-12,19H. The third-order valence-corrected chi connectivity index (χ3v) is 16.0. The van der Waals surface area contributed by atoms with Gasteiger partial charge in [-0.15, -0.1) is 0 Å². The topological polar surface area (TPSA) is 101 Å². The second-order valence-corrected chi connectivity index (χ2v) is 21.9. The quantitative estimate of drug-likeness (QED) is 0.113. The van der Waals surface area contributed by atoms with E-state index in [1.54, 1.807) is 0 Å². The van der Waals surface area contributed by atoms with Crippen molar-refractivity contribution >= 4 is 144 Å². The molecule has 0 atom stereocenters. The number of fused-ring (bicyclic) bond motifs is 13. The molecule has 0 aliphatic heterocycles. The van der Waals surface area contributed by atoms with Crippen LogP contribution < -0.4 is 21.3 Å². The summed E-state index contributed by atoms with van der Waals surface area (Å²) in [6, 6.07) is 111. The zero-order valence-electron chi connectivity index (χ0n) is 48.8. The second-order valence-electron chi connectivity index (χ2n) is 21.9. The third-order valence-electron chi connectivity index (χ3n) is 16.0. The van der Waals surface area contributed by atoms with Crippen LogP contribution in [0.3, 0.4) is 0 Å². The van der Waals surface area contributed by atoms with Crippen LogP contribution in [0.1, 0.15) is 0 Å². The maximum absolute atomic E-state index is 5.99. The summed E-state index contributed by atoms with van der Waals surface area (Å²) in [6.07, 6.45) is 0. The Bertz CT molecular complexity index is 5490. The Balaban J connectivity index is 0.000000101. The predicted octanol–water partition coefficient (Wildman–Crippen LogP) is 24.1. The van der Waals surface area contributed by atoms with Gasteiger partial charge in [0.05, 0.1) is 16.8 Å². The van der Waals surface area contributed by atoms with E-state index in [1.807, 2.05) is 164 Å². The molecule has 0 aliphatic carbocycles. The van der Waals surface area contributed by atoms with Crippen LogP contribution in [0, 0.1) is 0 Å². The van der Waals surface area contributed by atoms with Gasteiger partial charge in [-0.2, -0.15) is 0 Å². The molecular formula is C82H58N4O4. The lowest BCUT2D eigenvalue weighted by molar-refractivity contribution is 0.668. The van der Waals surface area contributed by atoms with Crippen molar-refractivity contribution in [2.24, 2.45) is 0 Å². The summed E-state index contributed by atoms with van der Waals surface area (Å²) in [5.41, 5.74) is 18.1. The summed E-state index contributed by atoms with van der Waals surface area (Å²) in [6.45, 7) is 0. The van der Waals surface area contributed by atoms with E-state index in [0.29, 0.717) is 0 Å². The van der Waals surface area contributed by atoms with Crippen LogP contribution in [0.25, 0.3) is 110 Å². The monoisotopic (exact) mass is 1160 g/mol. The van der Waals surface area contributed by atoms with Gasteiger partial charge in [-0.1, -0.05) is 206 Å². The van der Waals surface area contributed by atoms with Crippen LogP contribution in [-0.2, 0) is 0 Å². The Labute approximate surface area is 518 Å². The number of benzene rings is 14. The predicted molar refractivity (Wildman–Crippen MR) is 377 cm³/mol.